The van der Waals surface area contributed by atoms with Crippen molar-refractivity contribution in [3.63, 3.8) is 0 Å². The summed E-state index contributed by atoms with van der Waals surface area (Å²) >= 11 is 0. The predicted octanol–water partition coefficient (Wildman–Crippen LogP) is -0.0742. The van der Waals surface area contributed by atoms with E-state index < -0.39 is 12.2 Å². The fourth-order valence-corrected chi connectivity index (χ4v) is 0.926. The van der Waals surface area contributed by atoms with Crippen LogP contribution in [-0.4, -0.2) is 48.0 Å². The maximum Gasteiger partial charge on any atom is 0.0927 e. The van der Waals surface area contributed by atoms with E-state index in [0.29, 0.717) is 6.54 Å². The summed E-state index contributed by atoms with van der Waals surface area (Å²) in [5.41, 5.74) is 0. The first-order valence-corrected chi connectivity index (χ1v) is 3.96. The quantitative estimate of drug-likeness (QED) is 0.606. The van der Waals surface area contributed by atoms with E-state index >= 15 is 0 Å². The van der Waals surface area contributed by atoms with Crippen LogP contribution in [0.4, 0.5) is 0 Å². The summed E-state index contributed by atoms with van der Waals surface area (Å²) in [6.07, 6.45) is -1.25. The van der Waals surface area contributed by atoms with Crippen molar-refractivity contribution in [1.82, 2.24) is 4.90 Å². The molecule has 0 aromatic carbocycles. The minimum atomic E-state index is -0.634. The summed E-state index contributed by atoms with van der Waals surface area (Å²) in [4.78, 5) is 1.86. The van der Waals surface area contributed by atoms with Crippen LogP contribution in [0.25, 0.3) is 0 Å². The van der Waals surface area contributed by atoms with E-state index in [-0.39, 0.29) is 5.92 Å². The van der Waals surface area contributed by atoms with Crippen molar-refractivity contribution in [2.24, 2.45) is 5.92 Å². The zero-order chi connectivity index (χ0) is 9.02. The van der Waals surface area contributed by atoms with E-state index in [9.17, 15) is 10.2 Å². The Morgan fingerprint density at radius 2 is 1.64 bits per heavy atom. The fourth-order valence-electron chi connectivity index (χ4n) is 0.926. The number of nitrogens with zero attached hydrogens (tertiary/aromatic N) is 1. The van der Waals surface area contributed by atoms with E-state index in [4.69, 9.17) is 0 Å². The number of hydrogen-bond donors (Lipinski definition) is 2. The largest absolute Gasteiger partial charge is 0.390 e. The Hall–Kier alpha value is -0.120. The maximum absolute atomic E-state index is 9.37. The molecule has 11 heavy (non-hydrogen) atoms. The monoisotopic (exact) mass is 161 g/mol. The smallest absolute Gasteiger partial charge is 0.0927 e. The van der Waals surface area contributed by atoms with Gasteiger partial charge in [-0.25, -0.2) is 0 Å². The van der Waals surface area contributed by atoms with Crippen molar-refractivity contribution in [2.75, 3.05) is 20.6 Å². The Bertz CT molecular complexity index is 104. The zero-order valence-corrected chi connectivity index (χ0v) is 7.78. The van der Waals surface area contributed by atoms with E-state index in [1.165, 1.54) is 0 Å². The van der Waals surface area contributed by atoms with Gasteiger partial charge in [-0.3, -0.25) is 0 Å². The van der Waals surface area contributed by atoms with E-state index in [1.54, 1.807) is 0 Å². The third kappa shape index (κ3) is 4.35. The van der Waals surface area contributed by atoms with Crippen LogP contribution >= 0.6 is 0 Å². The number of hydrogen-bond acceptors (Lipinski definition) is 3. The lowest BCUT2D eigenvalue weighted by Crippen LogP contribution is -2.38. The second-order valence-electron chi connectivity index (χ2n) is 3.56. The van der Waals surface area contributed by atoms with Gasteiger partial charge in [0.15, 0.2) is 0 Å². The van der Waals surface area contributed by atoms with Crippen molar-refractivity contribution in [3.05, 3.63) is 0 Å². The third-order valence-electron chi connectivity index (χ3n) is 1.63. The number of aliphatic hydroxyl groups excluding tert-OH is 2. The lowest BCUT2D eigenvalue weighted by molar-refractivity contribution is -0.0192. The molecule has 2 atom stereocenters. The Balaban J connectivity index is 3.73. The van der Waals surface area contributed by atoms with Crippen molar-refractivity contribution in [2.45, 2.75) is 26.1 Å². The van der Waals surface area contributed by atoms with Gasteiger partial charge in [-0.1, -0.05) is 13.8 Å². The molecule has 0 amide bonds. The Labute approximate surface area is 68.6 Å². The highest BCUT2D eigenvalue weighted by atomic mass is 16.3. The summed E-state index contributed by atoms with van der Waals surface area (Å²) in [7, 11) is 3.74. The van der Waals surface area contributed by atoms with Crippen LogP contribution in [0.1, 0.15) is 13.8 Å². The van der Waals surface area contributed by atoms with Gasteiger partial charge in [-0.2, -0.15) is 0 Å². The van der Waals surface area contributed by atoms with Gasteiger partial charge >= 0.3 is 0 Å². The fraction of sp³-hybridized carbons (Fsp3) is 1.00. The Morgan fingerprint density at radius 1 is 1.18 bits per heavy atom. The topological polar surface area (TPSA) is 43.7 Å². The van der Waals surface area contributed by atoms with Crippen molar-refractivity contribution in [3.8, 4) is 0 Å². The maximum atomic E-state index is 9.37. The van der Waals surface area contributed by atoms with E-state index in [0.717, 1.165) is 0 Å². The lowest BCUT2D eigenvalue weighted by atomic mass is 10.0. The summed E-state index contributed by atoms with van der Waals surface area (Å²) < 4.78 is 0. The Kier molecular flexibility index (Phi) is 4.65. The van der Waals surface area contributed by atoms with Gasteiger partial charge in [0.1, 0.15) is 0 Å². The van der Waals surface area contributed by atoms with Crippen LogP contribution in [-0.2, 0) is 0 Å². The molecule has 0 aromatic heterocycles. The molecule has 0 aromatic rings. The minimum Gasteiger partial charge on any atom is -0.390 e. The van der Waals surface area contributed by atoms with Gasteiger partial charge in [0, 0.05) is 6.54 Å². The van der Waals surface area contributed by atoms with Crippen molar-refractivity contribution in [1.29, 1.82) is 0 Å². The molecule has 0 bridgehead atoms. The molecule has 0 saturated carbocycles. The van der Waals surface area contributed by atoms with Crippen molar-refractivity contribution < 1.29 is 10.2 Å². The van der Waals surface area contributed by atoms with Crippen LogP contribution in [0.2, 0.25) is 0 Å². The first-order valence-electron chi connectivity index (χ1n) is 3.96. The van der Waals surface area contributed by atoms with Crippen LogP contribution < -0.4 is 0 Å². The van der Waals surface area contributed by atoms with Gasteiger partial charge in [-0.15, -0.1) is 0 Å². The van der Waals surface area contributed by atoms with Crippen molar-refractivity contribution >= 4 is 0 Å². The number of rotatable bonds is 4. The molecule has 0 aliphatic rings. The van der Waals surface area contributed by atoms with Crippen LogP contribution in [0.3, 0.4) is 0 Å². The van der Waals surface area contributed by atoms with E-state index in [2.05, 4.69) is 0 Å². The average Bonchev–Trinajstić information content (AvgIpc) is 1.84. The molecule has 2 N–H and O–H groups in total. The number of aliphatic hydroxyl groups is 2. The summed E-state index contributed by atoms with van der Waals surface area (Å²) in [5, 5.41) is 18.7. The van der Waals surface area contributed by atoms with Gasteiger partial charge in [0.05, 0.1) is 12.2 Å². The Morgan fingerprint density at radius 3 is 1.91 bits per heavy atom. The van der Waals surface area contributed by atoms with E-state index in [1.807, 2.05) is 32.8 Å². The standard InChI is InChI=1S/C8H19NO2/c1-6(2)8(11)7(10)5-9(3)4/h6-8,10-11H,5H2,1-4H3. The normalized spacial score (nSPS) is 17.5. The highest BCUT2D eigenvalue weighted by molar-refractivity contribution is 4.71. The van der Waals surface area contributed by atoms with Gasteiger partial charge < -0.3 is 15.1 Å². The van der Waals surface area contributed by atoms with Crippen LogP contribution in [0, 0.1) is 5.92 Å². The second-order valence-corrected chi connectivity index (χ2v) is 3.56. The second kappa shape index (κ2) is 4.70. The molecule has 0 aliphatic heterocycles. The molecular formula is C8H19NO2. The molecule has 0 aliphatic carbocycles. The molecule has 0 saturated heterocycles. The van der Waals surface area contributed by atoms with Gasteiger partial charge in [-0.05, 0) is 20.0 Å². The van der Waals surface area contributed by atoms with Crippen LogP contribution in [0.15, 0.2) is 0 Å². The molecule has 0 fully saturated rings. The average molecular weight is 161 g/mol. The molecule has 0 heterocycles. The first kappa shape index (κ1) is 10.9. The predicted molar refractivity (Wildman–Crippen MR) is 45.4 cm³/mol. The molecule has 0 radical (unpaired) electrons. The molecule has 3 heteroatoms. The molecule has 0 rings (SSSR count). The third-order valence-corrected chi connectivity index (χ3v) is 1.63. The first-order chi connectivity index (χ1) is 4.95. The SMILES string of the molecule is CC(C)C(O)C(O)CN(C)C. The van der Waals surface area contributed by atoms with Crippen LogP contribution in [0.5, 0.6) is 0 Å². The summed E-state index contributed by atoms with van der Waals surface area (Å²) in [5.74, 6) is 0.116. The molecule has 0 spiro atoms. The minimum absolute atomic E-state index is 0.116. The molecular weight excluding hydrogens is 142 g/mol. The zero-order valence-electron chi connectivity index (χ0n) is 7.78. The van der Waals surface area contributed by atoms with Gasteiger partial charge in [0.25, 0.3) is 0 Å². The lowest BCUT2D eigenvalue weighted by Gasteiger charge is -2.23. The van der Waals surface area contributed by atoms with Gasteiger partial charge in [0.2, 0.25) is 0 Å². The molecule has 3 nitrogen and oxygen atoms in total. The highest BCUT2D eigenvalue weighted by Gasteiger charge is 2.19. The summed E-state index contributed by atoms with van der Waals surface area (Å²) in [6.45, 7) is 4.30. The molecule has 68 valence electrons. The summed E-state index contributed by atoms with van der Waals surface area (Å²) in [6, 6.07) is 0. The molecule has 2 unspecified atom stereocenters. The highest BCUT2D eigenvalue weighted by Crippen LogP contribution is 2.06. The number of likely N-dealkylation sites (N-methyl/N-ethyl adjacent to an activating group) is 1.